The van der Waals surface area contributed by atoms with Crippen LogP contribution in [0, 0.1) is 0 Å². The molecule has 1 aromatic rings. The largest absolute Gasteiger partial charge is 0.493 e. The fraction of sp³-hybridized carbons (Fsp3) is 0.417. The molecule has 0 spiro atoms. The zero-order valence-electron chi connectivity index (χ0n) is 9.61. The lowest BCUT2D eigenvalue weighted by molar-refractivity contribution is 0.0692. The van der Waals surface area contributed by atoms with E-state index >= 15 is 0 Å². The number of hydrogen-bond donors (Lipinski definition) is 1. The Labute approximate surface area is 110 Å². The first-order valence-electron chi connectivity index (χ1n) is 5.38. The molecule has 0 aliphatic heterocycles. The first-order valence-corrected chi connectivity index (χ1v) is 6.91. The zero-order valence-corrected chi connectivity index (χ0v) is 11.2. The molecule has 0 saturated carbocycles. The number of carboxylic acids is 1. The second kappa shape index (κ2) is 7.45. The molecule has 1 N–H and O–H groups in total. The van der Waals surface area contributed by atoms with Crippen molar-refractivity contribution in [3.8, 4) is 5.75 Å². The van der Waals surface area contributed by atoms with E-state index in [-0.39, 0.29) is 5.56 Å². The van der Waals surface area contributed by atoms with Gasteiger partial charge in [0.05, 0.1) is 6.61 Å². The Hall–Kier alpha value is -0.870. The lowest BCUT2D eigenvalue weighted by Gasteiger charge is -2.09. The third kappa shape index (κ3) is 4.88. The Morgan fingerprint density at radius 1 is 1.53 bits per heavy atom. The standard InChI is InChI=1S/C12H15ClO3S/c1-2-17-7-3-6-16-11-8-9(13)4-5-10(11)12(14)15/h4-5,8H,2-3,6-7H2,1H3,(H,14,15). The summed E-state index contributed by atoms with van der Waals surface area (Å²) in [5.41, 5.74) is 0.151. The predicted molar refractivity (Wildman–Crippen MR) is 71.5 cm³/mol. The van der Waals surface area contributed by atoms with Crippen LogP contribution in [0.2, 0.25) is 5.02 Å². The van der Waals surface area contributed by atoms with Gasteiger partial charge in [-0.15, -0.1) is 0 Å². The van der Waals surface area contributed by atoms with Gasteiger partial charge in [0, 0.05) is 5.02 Å². The minimum Gasteiger partial charge on any atom is -0.493 e. The van der Waals surface area contributed by atoms with Crippen LogP contribution in [0.4, 0.5) is 0 Å². The predicted octanol–water partition coefficient (Wildman–Crippen LogP) is 3.56. The monoisotopic (exact) mass is 274 g/mol. The smallest absolute Gasteiger partial charge is 0.339 e. The number of rotatable bonds is 7. The molecule has 1 aromatic carbocycles. The zero-order chi connectivity index (χ0) is 12.7. The molecule has 0 unspecified atom stereocenters. The SMILES string of the molecule is CCSCCCOc1cc(Cl)ccc1C(=O)O. The number of halogens is 1. The van der Waals surface area contributed by atoms with E-state index in [0.29, 0.717) is 17.4 Å². The van der Waals surface area contributed by atoms with Gasteiger partial charge in [-0.2, -0.15) is 11.8 Å². The molecule has 0 heterocycles. The molecule has 0 atom stereocenters. The Bertz CT molecular complexity index is 382. The molecule has 0 amide bonds. The van der Waals surface area contributed by atoms with E-state index in [2.05, 4.69) is 6.92 Å². The molecule has 0 bridgehead atoms. The molecule has 17 heavy (non-hydrogen) atoms. The Morgan fingerprint density at radius 3 is 2.94 bits per heavy atom. The molecule has 94 valence electrons. The molecule has 0 fully saturated rings. The summed E-state index contributed by atoms with van der Waals surface area (Å²) in [6.45, 7) is 2.61. The summed E-state index contributed by atoms with van der Waals surface area (Å²) in [5.74, 6) is 1.43. The molecular weight excluding hydrogens is 260 g/mol. The summed E-state index contributed by atoms with van der Waals surface area (Å²) in [7, 11) is 0. The van der Waals surface area contributed by atoms with Gasteiger partial charge in [-0.05, 0) is 36.1 Å². The maximum atomic E-state index is 10.9. The molecule has 0 saturated heterocycles. The third-order valence-electron chi connectivity index (χ3n) is 2.07. The Kier molecular flexibility index (Phi) is 6.22. The van der Waals surface area contributed by atoms with E-state index in [4.69, 9.17) is 21.4 Å². The van der Waals surface area contributed by atoms with Gasteiger partial charge < -0.3 is 9.84 Å². The van der Waals surface area contributed by atoms with E-state index in [9.17, 15) is 4.79 Å². The Morgan fingerprint density at radius 2 is 2.29 bits per heavy atom. The highest BCUT2D eigenvalue weighted by Crippen LogP contribution is 2.23. The van der Waals surface area contributed by atoms with Crippen molar-refractivity contribution in [2.75, 3.05) is 18.1 Å². The molecule has 1 rings (SSSR count). The fourth-order valence-electron chi connectivity index (χ4n) is 1.28. The number of carboxylic acid groups (broad SMARTS) is 1. The van der Waals surface area contributed by atoms with Gasteiger partial charge in [0.2, 0.25) is 0 Å². The number of carbonyl (C=O) groups is 1. The molecule has 0 radical (unpaired) electrons. The van der Waals surface area contributed by atoms with Gasteiger partial charge in [0.25, 0.3) is 0 Å². The highest BCUT2D eigenvalue weighted by molar-refractivity contribution is 7.99. The average molecular weight is 275 g/mol. The van der Waals surface area contributed by atoms with Crippen LogP contribution in [-0.2, 0) is 0 Å². The summed E-state index contributed by atoms with van der Waals surface area (Å²) in [6, 6.07) is 4.55. The lowest BCUT2D eigenvalue weighted by atomic mass is 10.2. The highest BCUT2D eigenvalue weighted by Gasteiger charge is 2.11. The maximum Gasteiger partial charge on any atom is 0.339 e. The molecule has 5 heteroatoms. The second-order valence-electron chi connectivity index (χ2n) is 3.34. The van der Waals surface area contributed by atoms with Gasteiger partial charge in [-0.25, -0.2) is 4.79 Å². The minimum absolute atomic E-state index is 0.151. The molecule has 0 aromatic heterocycles. The summed E-state index contributed by atoms with van der Waals surface area (Å²) in [6.07, 6.45) is 0.893. The van der Waals surface area contributed by atoms with Crippen LogP contribution < -0.4 is 4.74 Å². The first kappa shape index (κ1) is 14.2. The van der Waals surface area contributed by atoms with Crippen LogP contribution in [0.3, 0.4) is 0 Å². The molecule has 0 aliphatic carbocycles. The van der Waals surface area contributed by atoms with Crippen LogP contribution in [0.25, 0.3) is 0 Å². The summed E-state index contributed by atoms with van der Waals surface area (Å²) >= 11 is 7.64. The van der Waals surface area contributed by atoms with Crippen molar-refractivity contribution in [2.45, 2.75) is 13.3 Å². The van der Waals surface area contributed by atoms with Gasteiger partial charge in [0.1, 0.15) is 11.3 Å². The van der Waals surface area contributed by atoms with Crippen LogP contribution in [0.15, 0.2) is 18.2 Å². The molecular formula is C12H15ClO3S. The van der Waals surface area contributed by atoms with E-state index in [1.165, 1.54) is 12.1 Å². The summed E-state index contributed by atoms with van der Waals surface area (Å²) < 4.78 is 5.45. The van der Waals surface area contributed by atoms with Gasteiger partial charge in [0.15, 0.2) is 0 Å². The van der Waals surface area contributed by atoms with Crippen LogP contribution in [0.1, 0.15) is 23.7 Å². The quantitative estimate of drug-likeness (QED) is 0.772. The van der Waals surface area contributed by atoms with Crippen molar-refractivity contribution in [3.63, 3.8) is 0 Å². The number of hydrogen-bond acceptors (Lipinski definition) is 3. The van der Waals surface area contributed by atoms with E-state index in [1.54, 1.807) is 6.07 Å². The van der Waals surface area contributed by atoms with Gasteiger partial charge >= 0.3 is 5.97 Å². The maximum absolute atomic E-state index is 10.9. The minimum atomic E-state index is -1.00. The van der Waals surface area contributed by atoms with Crippen LogP contribution >= 0.6 is 23.4 Å². The van der Waals surface area contributed by atoms with Crippen LogP contribution in [-0.4, -0.2) is 29.2 Å². The normalized spacial score (nSPS) is 10.2. The van der Waals surface area contributed by atoms with Gasteiger partial charge in [-0.3, -0.25) is 0 Å². The van der Waals surface area contributed by atoms with Crippen molar-refractivity contribution in [1.82, 2.24) is 0 Å². The number of thioether (sulfide) groups is 1. The van der Waals surface area contributed by atoms with Crippen molar-refractivity contribution >= 4 is 29.3 Å². The number of benzene rings is 1. The van der Waals surface area contributed by atoms with E-state index < -0.39 is 5.97 Å². The van der Waals surface area contributed by atoms with Crippen molar-refractivity contribution < 1.29 is 14.6 Å². The fourth-order valence-corrected chi connectivity index (χ4v) is 2.05. The highest BCUT2D eigenvalue weighted by atomic mass is 35.5. The average Bonchev–Trinajstić information content (AvgIpc) is 2.28. The lowest BCUT2D eigenvalue weighted by Crippen LogP contribution is -2.05. The van der Waals surface area contributed by atoms with Gasteiger partial charge in [-0.1, -0.05) is 18.5 Å². The van der Waals surface area contributed by atoms with Crippen molar-refractivity contribution in [2.24, 2.45) is 0 Å². The molecule has 3 nitrogen and oxygen atoms in total. The second-order valence-corrected chi connectivity index (χ2v) is 5.17. The van der Waals surface area contributed by atoms with Crippen molar-refractivity contribution in [1.29, 1.82) is 0 Å². The number of aromatic carboxylic acids is 1. The number of ether oxygens (including phenoxy) is 1. The summed E-state index contributed by atoms with van der Waals surface area (Å²) in [5, 5.41) is 9.45. The first-order chi connectivity index (χ1) is 8.15. The van der Waals surface area contributed by atoms with Crippen LogP contribution in [0.5, 0.6) is 5.75 Å². The van der Waals surface area contributed by atoms with E-state index in [0.717, 1.165) is 17.9 Å². The molecule has 0 aliphatic rings. The van der Waals surface area contributed by atoms with E-state index in [1.807, 2.05) is 11.8 Å². The third-order valence-corrected chi connectivity index (χ3v) is 3.29. The topological polar surface area (TPSA) is 46.5 Å². The Balaban J connectivity index is 2.56. The van der Waals surface area contributed by atoms with Crippen molar-refractivity contribution in [3.05, 3.63) is 28.8 Å². The summed E-state index contributed by atoms with van der Waals surface area (Å²) in [4.78, 5) is 10.9.